The van der Waals surface area contributed by atoms with Crippen molar-refractivity contribution in [1.82, 2.24) is 4.90 Å². The van der Waals surface area contributed by atoms with Gasteiger partial charge in [0.05, 0.1) is 12.6 Å². The number of ketones is 1. The van der Waals surface area contributed by atoms with Gasteiger partial charge in [-0.1, -0.05) is 30.3 Å². The Labute approximate surface area is 137 Å². The second kappa shape index (κ2) is 6.32. The van der Waals surface area contributed by atoms with Crippen LogP contribution in [0.15, 0.2) is 30.3 Å². The minimum atomic E-state index is -0.788. The molecule has 1 heterocycles. The summed E-state index contributed by atoms with van der Waals surface area (Å²) < 4.78 is 11.2. The van der Waals surface area contributed by atoms with Crippen molar-refractivity contribution in [3.05, 3.63) is 35.9 Å². The Morgan fingerprint density at radius 1 is 1.26 bits per heavy atom. The van der Waals surface area contributed by atoms with Gasteiger partial charge in [-0.3, -0.25) is 9.69 Å². The molecular weight excluding hydrogens is 294 g/mol. The number of carbonyl (C=O) groups excluding carboxylic acids is 2. The molecule has 1 amide bonds. The summed E-state index contributed by atoms with van der Waals surface area (Å²) in [5, 5.41) is 0. The van der Waals surface area contributed by atoms with E-state index in [0.717, 1.165) is 0 Å². The van der Waals surface area contributed by atoms with Gasteiger partial charge in [0.15, 0.2) is 5.78 Å². The summed E-state index contributed by atoms with van der Waals surface area (Å²) in [6, 6.07) is 8.75. The molecule has 0 spiro atoms. The smallest absolute Gasteiger partial charge is 0.412 e. The quantitative estimate of drug-likeness (QED) is 0.798. The van der Waals surface area contributed by atoms with Crippen molar-refractivity contribution in [2.75, 3.05) is 6.61 Å². The Kier molecular flexibility index (Phi) is 4.80. The van der Waals surface area contributed by atoms with Crippen LogP contribution >= 0.6 is 0 Å². The van der Waals surface area contributed by atoms with Gasteiger partial charge in [-0.05, 0) is 34.6 Å². The number of ether oxygens (including phenoxy) is 2. The minimum Gasteiger partial charge on any atom is -0.444 e. The molecule has 1 atom stereocenters. The zero-order chi connectivity index (χ0) is 17.3. The third-order valence-electron chi connectivity index (χ3n) is 3.68. The Hall–Kier alpha value is -1.88. The van der Waals surface area contributed by atoms with E-state index in [2.05, 4.69) is 0 Å². The predicted molar refractivity (Wildman–Crippen MR) is 87.3 cm³/mol. The summed E-state index contributed by atoms with van der Waals surface area (Å²) >= 11 is 0. The fourth-order valence-corrected chi connectivity index (χ4v) is 2.67. The molecule has 1 aromatic rings. The number of benzene rings is 1. The Bertz CT molecular complexity index is 574. The molecule has 2 rings (SSSR count). The standard InChI is InChI=1S/C18H25NO4/c1-17(2,3)23-16(21)19-14(12-22-18(19,4)5)11-15(20)13-9-7-6-8-10-13/h6-10,14H,11-12H2,1-5H3/t14-/m0/s1. The Morgan fingerprint density at radius 3 is 2.43 bits per heavy atom. The molecule has 5 heteroatoms. The molecule has 0 aromatic heterocycles. The third kappa shape index (κ3) is 4.32. The maximum atomic E-state index is 12.5. The van der Waals surface area contributed by atoms with Crippen molar-refractivity contribution < 1.29 is 19.1 Å². The normalized spacial score (nSPS) is 20.4. The van der Waals surface area contributed by atoms with Crippen molar-refractivity contribution in [3.63, 3.8) is 0 Å². The highest BCUT2D eigenvalue weighted by atomic mass is 16.6. The number of carbonyl (C=O) groups is 2. The van der Waals surface area contributed by atoms with E-state index in [0.29, 0.717) is 12.2 Å². The topological polar surface area (TPSA) is 55.8 Å². The van der Waals surface area contributed by atoms with E-state index >= 15 is 0 Å². The molecule has 1 saturated heterocycles. The van der Waals surface area contributed by atoms with E-state index in [1.807, 2.05) is 52.8 Å². The van der Waals surface area contributed by atoms with Crippen LogP contribution in [-0.4, -0.2) is 40.8 Å². The van der Waals surface area contributed by atoms with Crippen LogP contribution in [0.4, 0.5) is 4.79 Å². The zero-order valence-corrected chi connectivity index (χ0v) is 14.5. The molecule has 5 nitrogen and oxygen atoms in total. The van der Waals surface area contributed by atoms with Gasteiger partial charge in [0.1, 0.15) is 11.3 Å². The van der Waals surface area contributed by atoms with Gasteiger partial charge in [-0.25, -0.2) is 4.79 Å². The number of hydrogen-bond acceptors (Lipinski definition) is 4. The Balaban J connectivity index is 2.14. The first-order valence-electron chi connectivity index (χ1n) is 7.85. The van der Waals surface area contributed by atoms with Gasteiger partial charge in [0.25, 0.3) is 0 Å². The molecule has 0 bridgehead atoms. The highest BCUT2D eigenvalue weighted by molar-refractivity contribution is 5.96. The molecule has 1 aliphatic heterocycles. The monoisotopic (exact) mass is 319 g/mol. The first kappa shape index (κ1) is 17.5. The van der Waals surface area contributed by atoms with Crippen molar-refractivity contribution in [1.29, 1.82) is 0 Å². The fourth-order valence-electron chi connectivity index (χ4n) is 2.67. The predicted octanol–water partition coefficient (Wildman–Crippen LogP) is 3.63. The van der Waals surface area contributed by atoms with Crippen LogP contribution in [-0.2, 0) is 9.47 Å². The van der Waals surface area contributed by atoms with Gasteiger partial charge in [0.2, 0.25) is 0 Å². The van der Waals surface area contributed by atoms with E-state index in [-0.39, 0.29) is 18.2 Å². The molecule has 1 aliphatic rings. The van der Waals surface area contributed by atoms with Crippen molar-refractivity contribution in [2.45, 2.75) is 58.4 Å². The summed E-state index contributed by atoms with van der Waals surface area (Å²) in [6.45, 7) is 9.40. The highest BCUT2D eigenvalue weighted by Crippen LogP contribution is 2.31. The highest BCUT2D eigenvalue weighted by Gasteiger charge is 2.46. The summed E-state index contributed by atoms with van der Waals surface area (Å²) in [5.74, 6) is -0.00883. The molecule has 0 unspecified atom stereocenters. The van der Waals surface area contributed by atoms with Crippen LogP contribution in [0, 0.1) is 0 Å². The molecule has 0 saturated carbocycles. The van der Waals surface area contributed by atoms with E-state index in [9.17, 15) is 9.59 Å². The largest absolute Gasteiger partial charge is 0.444 e. The summed E-state index contributed by atoms with van der Waals surface area (Å²) in [4.78, 5) is 26.5. The SMILES string of the molecule is CC(C)(C)OC(=O)N1[C@@H](CC(=O)c2ccccc2)COC1(C)C. The summed E-state index contributed by atoms with van der Waals surface area (Å²) in [7, 11) is 0. The van der Waals surface area contributed by atoms with Gasteiger partial charge >= 0.3 is 6.09 Å². The number of nitrogens with zero attached hydrogens (tertiary/aromatic N) is 1. The molecular formula is C18H25NO4. The van der Waals surface area contributed by atoms with Crippen molar-refractivity contribution in [2.24, 2.45) is 0 Å². The molecule has 126 valence electrons. The zero-order valence-electron chi connectivity index (χ0n) is 14.5. The van der Waals surface area contributed by atoms with Crippen LogP contribution in [0.5, 0.6) is 0 Å². The second-order valence-electron chi connectivity index (χ2n) is 7.26. The van der Waals surface area contributed by atoms with Crippen LogP contribution in [0.1, 0.15) is 51.4 Å². The van der Waals surface area contributed by atoms with Crippen LogP contribution in [0.25, 0.3) is 0 Å². The molecule has 23 heavy (non-hydrogen) atoms. The first-order valence-corrected chi connectivity index (χ1v) is 7.85. The lowest BCUT2D eigenvalue weighted by molar-refractivity contribution is -0.0623. The molecule has 0 N–H and O–H groups in total. The Morgan fingerprint density at radius 2 is 1.87 bits per heavy atom. The van der Waals surface area contributed by atoms with E-state index < -0.39 is 17.4 Å². The van der Waals surface area contributed by atoms with Crippen molar-refractivity contribution >= 4 is 11.9 Å². The summed E-state index contributed by atoms with van der Waals surface area (Å²) in [5.41, 5.74) is -0.741. The number of Topliss-reactive ketones (excluding diaryl/α,β-unsaturated/α-hetero) is 1. The van der Waals surface area contributed by atoms with E-state index in [1.165, 1.54) is 0 Å². The van der Waals surface area contributed by atoms with Gasteiger partial charge in [-0.15, -0.1) is 0 Å². The maximum Gasteiger partial charge on any atom is 0.412 e. The maximum absolute atomic E-state index is 12.5. The number of hydrogen-bond donors (Lipinski definition) is 0. The lowest BCUT2D eigenvalue weighted by atomic mass is 10.0. The van der Waals surface area contributed by atoms with E-state index in [4.69, 9.17) is 9.47 Å². The lowest BCUT2D eigenvalue weighted by Crippen LogP contribution is -2.50. The summed E-state index contributed by atoms with van der Waals surface area (Å²) in [6.07, 6.45) is -0.238. The first-order chi connectivity index (χ1) is 10.6. The second-order valence-corrected chi connectivity index (χ2v) is 7.26. The third-order valence-corrected chi connectivity index (χ3v) is 3.68. The van der Waals surface area contributed by atoms with Crippen LogP contribution in [0.3, 0.4) is 0 Å². The number of amides is 1. The van der Waals surface area contributed by atoms with Gasteiger partial charge in [-0.2, -0.15) is 0 Å². The molecule has 0 aliphatic carbocycles. The van der Waals surface area contributed by atoms with Crippen LogP contribution in [0.2, 0.25) is 0 Å². The van der Waals surface area contributed by atoms with Gasteiger partial charge in [0, 0.05) is 12.0 Å². The lowest BCUT2D eigenvalue weighted by Gasteiger charge is -2.35. The molecule has 0 radical (unpaired) electrons. The van der Waals surface area contributed by atoms with Crippen LogP contribution < -0.4 is 0 Å². The molecule has 1 aromatic carbocycles. The van der Waals surface area contributed by atoms with E-state index in [1.54, 1.807) is 17.0 Å². The number of rotatable bonds is 3. The average molecular weight is 319 g/mol. The average Bonchev–Trinajstić information content (AvgIpc) is 2.72. The minimum absolute atomic E-state index is 0.00883. The van der Waals surface area contributed by atoms with Crippen molar-refractivity contribution in [3.8, 4) is 0 Å². The molecule has 1 fully saturated rings. The fraction of sp³-hybridized carbons (Fsp3) is 0.556. The van der Waals surface area contributed by atoms with Gasteiger partial charge < -0.3 is 9.47 Å².